The summed E-state index contributed by atoms with van der Waals surface area (Å²) in [6.07, 6.45) is 7.76. The van der Waals surface area contributed by atoms with Crippen LogP contribution in [-0.4, -0.2) is 29.7 Å². The number of aliphatic hydroxyl groups is 1. The van der Waals surface area contributed by atoms with Crippen molar-refractivity contribution in [2.45, 2.75) is 63.5 Å². The van der Waals surface area contributed by atoms with E-state index in [-0.39, 0.29) is 29.9 Å². The van der Waals surface area contributed by atoms with Gasteiger partial charge in [-0.3, -0.25) is 4.79 Å². The molecule has 104 valence electrons. The Morgan fingerprint density at radius 3 is 2.44 bits per heavy atom. The molecule has 0 aliphatic heterocycles. The number of aliphatic hydroxyl groups excluding tert-OH is 1. The number of carbonyl (C=O) groups excluding carboxylic acids is 1. The maximum atomic E-state index is 12.0. The van der Waals surface area contributed by atoms with Crippen LogP contribution in [0.25, 0.3) is 0 Å². The van der Waals surface area contributed by atoms with Gasteiger partial charge in [0, 0.05) is 24.4 Å². The zero-order valence-electron chi connectivity index (χ0n) is 11.1. The fourth-order valence-corrected chi connectivity index (χ4v) is 3.18. The predicted octanol–water partition coefficient (Wildman–Crippen LogP) is 1.17. The molecule has 0 bridgehead atoms. The van der Waals surface area contributed by atoms with E-state index in [9.17, 15) is 9.90 Å². The Bertz CT molecular complexity index is 275. The SMILES string of the molecule is NC1CCC(C(=O)NCC2CCCCC2O)CC1. The minimum Gasteiger partial charge on any atom is -0.393 e. The predicted molar refractivity (Wildman–Crippen MR) is 70.9 cm³/mol. The third-order valence-electron chi connectivity index (χ3n) is 4.55. The van der Waals surface area contributed by atoms with Crippen LogP contribution in [0, 0.1) is 11.8 Å². The Kier molecular flexibility index (Phi) is 5.01. The van der Waals surface area contributed by atoms with E-state index in [0.717, 1.165) is 44.9 Å². The highest BCUT2D eigenvalue weighted by Crippen LogP contribution is 2.25. The van der Waals surface area contributed by atoms with Crippen molar-refractivity contribution >= 4 is 5.91 Å². The second-order valence-electron chi connectivity index (χ2n) is 5.97. The molecule has 2 aliphatic rings. The van der Waals surface area contributed by atoms with E-state index in [0.29, 0.717) is 6.54 Å². The van der Waals surface area contributed by atoms with Gasteiger partial charge in [0.05, 0.1) is 6.10 Å². The third-order valence-corrected chi connectivity index (χ3v) is 4.55. The summed E-state index contributed by atoms with van der Waals surface area (Å²) in [6.45, 7) is 0.641. The highest BCUT2D eigenvalue weighted by Gasteiger charge is 2.27. The number of carbonyl (C=O) groups is 1. The molecule has 2 atom stereocenters. The molecule has 0 aromatic heterocycles. The zero-order chi connectivity index (χ0) is 13.0. The van der Waals surface area contributed by atoms with Crippen LogP contribution in [0.2, 0.25) is 0 Å². The van der Waals surface area contributed by atoms with Gasteiger partial charge in [-0.2, -0.15) is 0 Å². The fourth-order valence-electron chi connectivity index (χ4n) is 3.18. The summed E-state index contributed by atoms with van der Waals surface area (Å²) in [5, 5.41) is 12.9. The van der Waals surface area contributed by atoms with Gasteiger partial charge in [-0.25, -0.2) is 0 Å². The second kappa shape index (κ2) is 6.53. The molecule has 0 aromatic carbocycles. The van der Waals surface area contributed by atoms with Crippen molar-refractivity contribution in [2.75, 3.05) is 6.54 Å². The van der Waals surface area contributed by atoms with Crippen LogP contribution >= 0.6 is 0 Å². The molecule has 0 spiro atoms. The van der Waals surface area contributed by atoms with E-state index in [1.165, 1.54) is 6.42 Å². The molecule has 4 N–H and O–H groups in total. The van der Waals surface area contributed by atoms with Crippen LogP contribution in [0.4, 0.5) is 0 Å². The maximum absolute atomic E-state index is 12.0. The van der Waals surface area contributed by atoms with Crippen LogP contribution in [0.15, 0.2) is 0 Å². The molecular weight excluding hydrogens is 228 g/mol. The first-order valence-electron chi connectivity index (χ1n) is 7.38. The Morgan fingerprint density at radius 2 is 1.78 bits per heavy atom. The van der Waals surface area contributed by atoms with Crippen molar-refractivity contribution in [3.63, 3.8) is 0 Å². The highest BCUT2D eigenvalue weighted by atomic mass is 16.3. The standard InChI is InChI=1S/C14H26N2O2/c15-12-7-5-10(6-8-12)14(18)16-9-11-3-1-2-4-13(11)17/h10-13,17H,1-9,15H2,(H,16,18). The summed E-state index contributed by atoms with van der Waals surface area (Å²) in [7, 11) is 0. The van der Waals surface area contributed by atoms with Gasteiger partial charge in [0.2, 0.25) is 5.91 Å². The normalized spacial score (nSPS) is 37.2. The molecule has 1 amide bonds. The number of nitrogens with one attached hydrogen (secondary N) is 1. The van der Waals surface area contributed by atoms with E-state index in [2.05, 4.69) is 5.32 Å². The van der Waals surface area contributed by atoms with E-state index < -0.39 is 0 Å². The van der Waals surface area contributed by atoms with Gasteiger partial charge in [0.1, 0.15) is 0 Å². The van der Waals surface area contributed by atoms with Crippen LogP contribution in [0.1, 0.15) is 51.4 Å². The van der Waals surface area contributed by atoms with Crippen molar-refractivity contribution < 1.29 is 9.90 Å². The Balaban J connectivity index is 1.70. The van der Waals surface area contributed by atoms with E-state index in [4.69, 9.17) is 5.73 Å². The van der Waals surface area contributed by atoms with E-state index in [1.54, 1.807) is 0 Å². The Hall–Kier alpha value is -0.610. The second-order valence-corrected chi connectivity index (χ2v) is 5.97. The lowest BCUT2D eigenvalue weighted by molar-refractivity contribution is -0.126. The van der Waals surface area contributed by atoms with Gasteiger partial charge in [0.15, 0.2) is 0 Å². The molecule has 2 fully saturated rings. The Morgan fingerprint density at radius 1 is 1.11 bits per heavy atom. The Labute approximate surface area is 109 Å². The molecule has 2 saturated carbocycles. The first kappa shape index (κ1) is 13.8. The van der Waals surface area contributed by atoms with E-state index in [1.807, 2.05) is 0 Å². The van der Waals surface area contributed by atoms with Crippen LogP contribution in [0.3, 0.4) is 0 Å². The number of rotatable bonds is 3. The van der Waals surface area contributed by atoms with Gasteiger partial charge in [-0.05, 0) is 38.5 Å². The molecule has 4 heteroatoms. The lowest BCUT2D eigenvalue weighted by Gasteiger charge is -2.29. The van der Waals surface area contributed by atoms with Crippen LogP contribution in [0.5, 0.6) is 0 Å². The summed E-state index contributed by atoms with van der Waals surface area (Å²) in [5.41, 5.74) is 5.84. The van der Waals surface area contributed by atoms with Gasteiger partial charge < -0.3 is 16.2 Å². The summed E-state index contributed by atoms with van der Waals surface area (Å²) in [5.74, 6) is 0.568. The van der Waals surface area contributed by atoms with Gasteiger partial charge in [-0.15, -0.1) is 0 Å². The molecule has 0 saturated heterocycles. The van der Waals surface area contributed by atoms with Crippen LogP contribution in [-0.2, 0) is 4.79 Å². The largest absolute Gasteiger partial charge is 0.393 e. The lowest BCUT2D eigenvalue weighted by Crippen LogP contribution is -2.41. The summed E-state index contributed by atoms with van der Waals surface area (Å²) >= 11 is 0. The first-order chi connectivity index (χ1) is 8.66. The smallest absolute Gasteiger partial charge is 0.223 e. The first-order valence-corrected chi connectivity index (χ1v) is 7.38. The molecular formula is C14H26N2O2. The molecule has 2 aliphatic carbocycles. The number of amides is 1. The van der Waals surface area contributed by atoms with Crippen molar-refractivity contribution in [3.05, 3.63) is 0 Å². The van der Waals surface area contributed by atoms with Gasteiger partial charge in [-0.1, -0.05) is 12.8 Å². The summed E-state index contributed by atoms with van der Waals surface area (Å²) in [4.78, 5) is 12.0. The summed E-state index contributed by atoms with van der Waals surface area (Å²) in [6, 6.07) is 0.286. The average molecular weight is 254 g/mol. The quantitative estimate of drug-likeness (QED) is 0.707. The van der Waals surface area contributed by atoms with Crippen molar-refractivity contribution in [1.82, 2.24) is 5.32 Å². The monoisotopic (exact) mass is 254 g/mol. The van der Waals surface area contributed by atoms with Gasteiger partial charge in [0.25, 0.3) is 0 Å². The molecule has 0 radical (unpaired) electrons. The molecule has 4 nitrogen and oxygen atoms in total. The molecule has 2 rings (SSSR count). The number of nitrogens with two attached hydrogens (primary N) is 1. The number of hydrogen-bond donors (Lipinski definition) is 3. The topological polar surface area (TPSA) is 75.4 Å². The molecule has 18 heavy (non-hydrogen) atoms. The molecule has 2 unspecified atom stereocenters. The summed E-state index contributed by atoms with van der Waals surface area (Å²) < 4.78 is 0. The van der Waals surface area contributed by atoms with Gasteiger partial charge >= 0.3 is 0 Å². The fraction of sp³-hybridized carbons (Fsp3) is 0.929. The van der Waals surface area contributed by atoms with Crippen molar-refractivity contribution in [2.24, 2.45) is 17.6 Å². The third kappa shape index (κ3) is 3.69. The number of hydrogen-bond acceptors (Lipinski definition) is 3. The molecule has 0 aromatic rings. The highest BCUT2D eigenvalue weighted by molar-refractivity contribution is 5.78. The zero-order valence-corrected chi connectivity index (χ0v) is 11.1. The van der Waals surface area contributed by atoms with Crippen molar-refractivity contribution in [1.29, 1.82) is 0 Å². The van der Waals surface area contributed by atoms with Crippen LogP contribution < -0.4 is 11.1 Å². The molecule has 0 heterocycles. The average Bonchev–Trinajstić information content (AvgIpc) is 2.38. The van der Waals surface area contributed by atoms with Crippen molar-refractivity contribution in [3.8, 4) is 0 Å². The lowest BCUT2D eigenvalue weighted by atomic mass is 9.84. The minimum atomic E-state index is -0.223. The minimum absolute atomic E-state index is 0.144. The maximum Gasteiger partial charge on any atom is 0.223 e. The van der Waals surface area contributed by atoms with E-state index >= 15 is 0 Å².